The lowest BCUT2D eigenvalue weighted by Gasteiger charge is -2.37. The maximum Gasteiger partial charge on any atom is 0.417 e. The predicted octanol–water partition coefficient (Wildman–Crippen LogP) is 4.60. The van der Waals surface area contributed by atoms with E-state index in [4.69, 9.17) is 0 Å². The maximum absolute atomic E-state index is 14.1. The number of rotatable bonds is 7. The van der Waals surface area contributed by atoms with Gasteiger partial charge in [-0.3, -0.25) is 4.79 Å². The smallest absolute Gasteiger partial charge is 0.417 e. The van der Waals surface area contributed by atoms with Gasteiger partial charge in [0.15, 0.2) is 0 Å². The zero-order valence-corrected chi connectivity index (χ0v) is 19.7. The highest BCUT2D eigenvalue weighted by Crippen LogP contribution is 2.33. The molecule has 194 valence electrons. The first kappa shape index (κ1) is 26.0. The fraction of sp³-hybridized carbons (Fsp3) is 0.259. The Labute approximate surface area is 211 Å². The van der Waals surface area contributed by atoms with Gasteiger partial charge in [-0.25, -0.2) is 9.18 Å². The minimum atomic E-state index is -4.98. The van der Waals surface area contributed by atoms with Gasteiger partial charge in [0.25, 0.3) is 5.91 Å². The van der Waals surface area contributed by atoms with Gasteiger partial charge in [0.1, 0.15) is 11.9 Å². The zero-order valence-electron chi connectivity index (χ0n) is 19.7. The number of anilines is 2. The van der Waals surface area contributed by atoms with Gasteiger partial charge in [-0.15, -0.1) is 0 Å². The summed E-state index contributed by atoms with van der Waals surface area (Å²) in [5, 5.41) is 11.6. The lowest BCUT2D eigenvalue weighted by molar-refractivity contribution is -0.139. The molecule has 1 aliphatic rings. The van der Waals surface area contributed by atoms with Crippen LogP contribution in [0.3, 0.4) is 0 Å². The summed E-state index contributed by atoms with van der Waals surface area (Å²) in [6.07, 6.45) is -5.16. The number of halogens is 4. The van der Waals surface area contributed by atoms with Crippen molar-refractivity contribution in [2.75, 3.05) is 36.0 Å². The number of carboxylic acid groups (broad SMARTS) is 1. The highest BCUT2D eigenvalue weighted by atomic mass is 19.4. The number of carbonyl (C=O) groups excluding carboxylic acids is 1. The number of nitrogens with zero attached hydrogens (tertiary/aromatic N) is 2. The van der Waals surface area contributed by atoms with Gasteiger partial charge in [-0.05, 0) is 42.0 Å². The van der Waals surface area contributed by atoms with Crippen molar-refractivity contribution >= 4 is 23.3 Å². The number of nitrogens with one attached hydrogen (secondary N) is 1. The van der Waals surface area contributed by atoms with Crippen LogP contribution in [0.1, 0.15) is 21.5 Å². The lowest BCUT2D eigenvalue weighted by atomic mass is 10.0. The van der Waals surface area contributed by atoms with Crippen molar-refractivity contribution in [2.24, 2.45) is 0 Å². The Balaban J connectivity index is 1.41. The first-order valence-electron chi connectivity index (χ1n) is 11.7. The van der Waals surface area contributed by atoms with E-state index < -0.39 is 41.0 Å². The summed E-state index contributed by atoms with van der Waals surface area (Å²) in [6.45, 7) is 3.28. The zero-order chi connectivity index (χ0) is 26.6. The molecule has 3 aromatic carbocycles. The molecule has 1 amide bonds. The summed E-state index contributed by atoms with van der Waals surface area (Å²) in [5.74, 6) is -4.27. The van der Waals surface area contributed by atoms with Gasteiger partial charge >= 0.3 is 12.1 Å². The third kappa shape index (κ3) is 6.19. The van der Waals surface area contributed by atoms with E-state index in [0.717, 1.165) is 49.7 Å². The second-order valence-corrected chi connectivity index (χ2v) is 8.70. The number of para-hydroxylation sites is 1. The molecule has 0 saturated carbocycles. The van der Waals surface area contributed by atoms with Crippen molar-refractivity contribution in [3.05, 3.63) is 95.3 Å². The number of piperazine rings is 1. The largest absolute Gasteiger partial charge is 0.480 e. The number of carbonyl (C=O) groups is 2. The van der Waals surface area contributed by atoms with E-state index in [0.29, 0.717) is 11.6 Å². The van der Waals surface area contributed by atoms with Crippen molar-refractivity contribution < 1.29 is 32.3 Å². The van der Waals surface area contributed by atoms with Gasteiger partial charge in [-0.2, -0.15) is 13.2 Å². The normalized spacial score (nSPS) is 14.8. The fourth-order valence-corrected chi connectivity index (χ4v) is 4.36. The predicted molar refractivity (Wildman–Crippen MR) is 131 cm³/mol. The van der Waals surface area contributed by atoms with Gasteiger partial charge in [0.05, 0.1) is 11.1 Å². The monoisotopic (exact) mass is 515 g/mol. The van der Waals surface area contributed by atoms with Crippen LogP contribution in [-0.2, 0) is 17.4 Å². The number of alkyl halides is 3. The second kappa shape index (κ2) is 10.9. The summed E-state index contributed by atoms with van der Waals surface area (Å²) < 4.78 is 53.9. The lowest BCUT2D eigenvalue weighted by Crippen LogP contribution is -2.46. The number of benzene rings is 3. The van der Waals surface area contributed by atoms with Crippen LogP contribution in [0.4, 0.5) is 28.9 Å². The highest BCUT2D eigenvalue weighted by molar-refractivity contribution is 5.98. The number of hydrogen-bond acceptors (Lipinski definition) is 4. The average Bonchev–Trinajstić information content (AvgIpc) is 2.88. The second-order valence-electron chi connectivity index (χ2n) is 8.70. The van der Waals surface area contributed by atoms with E-state index in [9.17, 15) is 32.3 Å². The SMILES string of the molecule is O=C(N[C@@H](Cc1ccc(N2CCN(c3ccccc3)CC2)cc1)C(=O)O)c1c(F)cccc1C(F)(F)F. The van der Waals surface area contributed by atoms with E-state index in [-0.39, 0.29) is 6.42 Å². The first-order chi connectivity index (χ1) is 17.6. The van der Waals surface area contributed by atoms with Gasteiger partial charge in [0, 0.05) is 44.0 Å². The summed E-state index contributed by atoms with van der Waals surface area (Å²) in [4.78, 5) is 28.8. The Morgan fingerprint density at radius 3 is 1.95 bits per heavy atom. The summed E-state index contributed by atoms with van der Waals surface area (Å²) in [5.41, 5.74) is -0.0217. The van der Waals surface area contributed by atoms with Crippen LogP contribution in [0.5, 0.6) is 0 Å². The van der Waals surface area contributed by atoms with E-state index >= 15 is 0 Å². The standard InChI is InChI=1S/C27H25F4N3O3/c28-22-8-4-7-21(27(29,30)31)24(22)25(35)32-23(26(36)37)17-18-9-11-20(12-10-18)34-15-13-33(14-16-34)19-5-2-1-3-6-19/h1-12,23H,13-17H2,(H,32,35)(H,36,37)/t23-/m0/s1. The van der Waals surface area contributed by atoms with Crippen molar-refractivity contribution in [3.8, 4) is 0 Å². The Kier molecular flexibility index (Phi) is 7.66. The van der Waals surface area contributed by atoms with Crippen LogP contribution in [0, 0.1) is 5.82 Å². The molecule has 0 aliphatic carbocycles. The molecule has 3 aromatic rings. The molecule has 1 heterocycles. The van der Waals surface area contributed by atoms with Crippen molar-refractivity contribution in [1.82, 2.24) is 5.32 Å². The van der Waals surface area contributed by atoms with Crippen molar-refractivity contribution in [3.63, 3.8) is 0 Å². The summed E-state index contributed by atoms with van der Waals surface area (Å²) in [7, 11) is 0. The molecule has 10 heteroatoms. The molecule has 6 nitrogen and oxygen atoms in total. The van der Waals surface area contributed by atoms with E-state index in [1.165, 1.54) is 0 Å². The number of aliphatic carboxylic acids is 1. The quantitative estimate of drug-likeness (QED) is 0.450. The Bertz CT molecular complexity index is 1240. The number of carboxylic acids is 1. The van der Waals surface area contributed by atoms with E-state index in [1.807, 2.05) is 35.6 Å². The van der Waals surface area contributed by atoms with Gasteiger partial charge in [0.2, 0.25) is 0 Å². The third-order valence-electron chi connectivity index (χ3n) is 6.29. The Morgan fingerprint density at radius 1 is 0.838 bits per heavy atom. The fourth-order valence-electron chi connectivity index (χ4n) is 4.36. The Hall–Kier alpha value is -4.08. The molecule has 1 atom stereocenters. The van der Waals surface area contributed by atoms with E-state index in [1.54, 1.807) is 12.1 Å². The van der Waals surface area contributed by atoms with Gasteiger partial charge < -0.3 is 20.2 Å². The molecule has 2 N–H and O–H groups in total. The molecule has 4 rings (SSSR count). The van der Waals surface area contributed by atoms with Crippen LogP contribution >= 0.6 is 0 Å². The highest BCUT2D eigenvalue weighted by Gasteiger charge is 2.37. The molecular weight excluding hydrogens is 490 g/mol. The maximum atomic E-state index is 14.1. The summed E-state index contributed by atoms with van der Waals surface area (Å²) in [6, 6.07) is 17.8. The van der Waals surface area contributed by atoms with Crippen LogP contribution in [0.15, 0.2) is 72.8 Å². The minimum absolute atomic E-state index is 0.182. The van der Waals surface area contributed by atoms with Gasteiger partial charge in [-0.1, -0.05) is 36.4 Å². The first-order valence-corrected chi connectivity index (χ1v) is 11.7. The van der Waals surface area contributed by atoms with Crippen molar-refractivity contribution in [1.29, 1.82) is 0 Å². The topological polar surface area (TPSA) is 72.9 Å². The van der Waals surface area contributed by atoms with E-state index in [2.05, 4.69) is 21.9 Å². The van der Waals surface area contributed by atoms with Crippen molar-refractivity contribution in [2.45, 2.75) is 18.6 Å². The third-order valence-corrected chi connectivity index (χ3v) is 6.29. The molecule has 1 fully saturated rings. The molecule has 0 bridgehead atoms. The Morgan fingerprint density at radius 2 is 1.41 bits per heavy atom. The molecule has 0 radical (unpaired) electrons. The van der Waals surface area contributed by atoms with Crippen LogP contribution in [0.25, 0.3) is 0 Å². The number of hydrogen-bond donors (Lipinski definition) is 2. The minimum Gasteiger partial charge on any atom is -0.480 e. The van der Waals surface area contributed by atoms with Crippen LogP contribution in [-0.4, -0.2) is 49.2 Å². The number of amides is 1. The molecule has 1 aliphatic heterocycles. The van der Waals surface area contributed by atoms with Crippen LogP contribution < -0.4 is 15.1 Å². The molecule has 0 aromatic heterocycles. The summed E-state index contributed by atoms with van der Waals surface area (Å²) >= 11 is 0. The molecule has 0 unspecified atom stereocenters. The molecule has 1 saturated heterocycles. The molecule has 0 spiro atoms. The average molecular weight is 516 g/mol. The molecule has 37 heavy (non-hydrogen) atoms. The molecular formula is C27H25F4N3O3. The van der Waals surface area contributed by atoms with Crippen LogP contribution in [0.2, 0.25) is 0 Å².